The van der Waals surface area contributed by atoms with Crippen LogP contribution in [0.4, 0.5) is 5.69 Å². The van der Waals surface area contributed by atoms with Gasteiger partial charge in [0.05, 0.1) is 12.1 Å². The molecule has 0 saturated carbocycles. The highest BCUT2D eigenvalue weighted by Gasteiger charge is 2.11. The van der Waals surface area contributed by atoms with Crippen LogP contribution in [0.3, 0.4) is 0 Å². The molecule has 0 saturated heterocycles. The number of amides is 2. The smallest absolute Gasteiger partial charge is 0.242 e. The van der Waals surface area contributed by atoms with Crippen molar-refractivity contribution in [1.82, 2.24) is 5.43 Å². The Morgan fingerprint density at radius 3 is 2.56 bits per heavy atom. The third kappa shape index (κ3) is 5.20. The second-order valence-corrected chi connectivity index (χ2v) is 3.98. The normalized spacial score (nSPS) is 11.6. The first-order chi connectivity index (χ1) is 8.47. The summed E-state index contributed by atoms with van der Waals surface area (Å²) in [6, 6.07) is 6.22. The second-order valence-electron chi connectivity index (χ2n) is 3.98. The number of rotatable bonds is 6. The average Bonchev–Trinajstić information content (AvgIpc) is 2.27. The molecule has 2 amide bonds. The molecule has 0 fully saturated rings. The van der Waals surface area contributed by atoms with Gasteiger partial charge < -0.3 is 10.8 Å². The molecule has 0 aromatic heterocycles. The van der Waals surface area contributed by atoms with Gasteiger partial charge in [0.2, 0.25) is 11.8 Å². The topological polar surface area (TPSA) is 104 Å². The fraction of sp³-hybridized carbons (Fsp3) is 0.250. The highest BCUT2D eigenvalue weighted by Crippen LogP contribution is 2.12. The maximum atomic E-state index is 11.4. The van der Waals surface area contributed by atoms with Crippen molar-refractivity contribution in [2.24, 2.45) is 11.7 Å². The fourth-order valence-electron chi connectivity index (χ4n) is 1.35. The van der Waals surface area contributed by atoms with Crippen molar-refractivity contribution in [2.75, 3.05) is 5.43 Å². The van der Waals surface area contributed by atoms with Crippen LogP contribution in [0.15, 0.2) is 24.3 Å². The minimum Gasteiger partial charge on any atom is -0.508 e. The molecule has 0 aliphatic carbocycles. The molecule has 0 heterocycles. The van der Waals surface area contributed by atoms with E-state index in [0.717, 1.165) is 0 Å². The third-order valence-electron chi connectivity index (χ3n) is 2.16. The number of aromatic hydroxyl groups is 1. The summed E-state index contributed by atoms with van der Waals surface area (Å²) in [7, 11) is 0. The van der Waals surface area contributed by atoms with Crippen molar-refractivity contribution in [3.05, 3.63) is 30.7 Å². The lowest BCUT2D eigenvalue weighted by Crippen LogP contribution is -2.31. The summed E-state index contributed by atoms with van der Waals surface area (Å²) < 4.78 is 0. The molecular weight excluding hydrogens is 234 g/mol. The highest BCUT2D eigenvalue weighted by molar-refractivity contribution is 5.87. The van der Waals surface area contributed by atoms with Crippen LogP contribution in [-0.2, 0) is 9.59 Å². The van der Waals surface area contributed by atoms with Crippen LogP contribution in [0.25, 0.3) is 0 Å². The van der Waals surface area contributed by atoms with E-state index in [1.807, 2.05) is 0 Å². The highest BCUT2D eigenvalue weighted by atomic mass is 16.3. The lowest BCUT2D eigenvalue weighted by atomic mass is 10.0. The molecule has 0 spiro atoms. The van der Waals surface area contributed by atoms with Crippen LogP contribution in [0.2, 0.25) is 0 Å². The van der Waals surface area contributed by atoms with Crippen molar-refractivity contribution in [2.45, 2.75) is 13.3 Å². The standard InChI is InChI=1S/C12H16N3O3/c1-8(6-11(13)17)7-12(18)15-14-9-2-4-10(16)5-3-9/h2-5,7-8,14,16H,6H2,1H3,(H2,13,17)(H,15,18)/t8-/m1/s1. The van der Waals surface area contributed by atoms with Gasteiger partial charge in [-0.15, -0.1) is 0 Å². The van der Waals surface area contributed by atoms with Gasteiger partial charge in [-0.05, 0) is 30.2 Å². The summed E-state index contributed by atoms with van der Waals surface area (Å²) in [4.78, 5) is 22.1. The largest absolute Gasteiger partial charge is 0.508 e. The van der Waals surface area contributed by atoms with E-state index in [1.165, 1.54) is 18.6 Å². The van der Waals surface area contributed by atoms with Crippen LogP contribution in [-0.4, -0.2) is 16.9 Å². The lowest BCUT2D eigenvalue weighted by Gasteiger charge is -2.11. The van der Waals surface area contributed by atoms with Crippen molar-refractivity contribution < 1.29 is 14.7 Å². The Hall–Kier alpha value is -2.24. The van der Waals surface area contributed by atoms with Crippen molar-refractivity contribution in [1.29, 1.82) is 0 Å². The van der Waals surface area contributed by atoms with Crippen LogP contribution in [0.1, 0.15) is 13.3 Å². The first kappa shape index (κ1) is 13.8. The van der Waals surface area contributed by atoms with Gasteiger partial charge in [0, 0.05) is 6.42 Å². The summed E-state index contributed by atoms with van der Waals surface area (Å²) in [5, 5.41) is 9.07. The van der Waals surface area contributed by atoms with E-state index in [0.29, 0.717) is 5.69 Å². The predicted octanol–water partition coefficient (Wildman–Crippen LogP) is 0.551. The number of phenols is 1. The summed E-state index contributed by atoms with van der Waals surface area (Å²) in [5.41, 5.74) is 10.8. The van der Waals surface area contributed by atoms with Crippen molar-refractivity contribution in [3.63, 3.8) is 0 Å². The molecule has 1 atom stereocenters. The Morgan fingerprint density at radius 1 is 1.39 bits per heavy atom. The second kappa shape index (κ2) is 6.48. The molecule has 1 aromatic rings. The molecule has 1 radical (unpaired) electrons. The van der Waals surface area contributed by atoms with Crippen molar-refractivity contribution >= 4 is 17.5 Å². The zero-order valence-corrected chi connectivity index (χ0v) is 10.0. The Bertz CT molecular complexity index is 417. The molecule has 0 aliphatic heterocycles. The first-order valence-electron chi connectivity index (χ1n) is 5.45. The number of hydrogen-bond donors (Lipinski definition) is 4. The van der Waals surface area contributed by atoms with E-state index < -0.39 is 5.91 Å². The zero-order valence-electron chi connectivity index (χ0n) is 10.0. The number of benzene rings is 1. The molecule has 0 bridgehead atoms. The first-order valence-corrected chi connectivity index (χ1v) is 5.45. The number of nitrogens with one attached hydrogen (secondary N) is 2. The average molecular weight is 250 g/mol. The van der Waals surface area contributed by atoms with Gasteiger partial charge in [-0.25, -0.2) is 0 Å². The molecule has 0 unspecified atom stereocenters. The van der Waals surface area contributed by atoms with Gasteiger partial charge in [-0.1, -0.05) is 6.92 Å². The number of anilines is 1. The van der Waals surface area contributed by atoms with E-state index in [-0.39, 0.29) is 24.0 Å². The van der Waals surface area contributed by atoms with Gasteiger partial charge in [0.25, 0.3) is 0 Å². The van der Waals surface area contributed by atoms with E-state index in [1.54, 1.807) is 19.1 Å². The number of hydrazine groups is 1. The number of nitrogens with two attached hydrogens (primary N) is 1. The van der Waals surface area contributed by atoms with Gasteiger partial charge >= 0.3 is 0 Å². The zero-order chi connectivity index (χ0) is 13.5. The molecule has 1 aromatic carbocycles. The Labute approximate surface area is 105 Å². The molecule has 6 heteroatoms. The predicted molar refractivity (Wildman–Crippen MR) is 67.1 cm³/mol. The van der Waals surface area contributed by atoms with E-state index in [2.05, 4.69) is 10.9 Å². The Kier molecular flexibility index (Phi) is 4.98. The molecule has 1 rings (SSSR count). The molecule has 5 N–H and O–H groups in total. The number of carbonyl (C=O) groups excluding carboxylic acids is 2. The van der Waals surface area contributed by atoms with Gasteiger partial charge in [0.15, 0.2) is 0 Å². The molecular formula is C12H16N3O3. The lowest BCUT2D eigenvalue weighted by molar-refractivity contribution is -0.119. The van der Waals surface area contributed by atoms with Crippen LogP contribution in [0, 0.1) is 12.3 Å². The number of phenolic OH excluding ortho intramolecular Hbond substituents is 1. The summed E-state index contributed by atoms with van der Waals surface area (Å²) in [6.45, 7) is 1.73. The minimum absolute atomic E-state index is 0.132. The molecule has 6 nitrogen and oxygen atoms in total. The van der Waals surface area contributed by atoms with E-state index in [9.17, 15) is 9.59 Å². The van der Waals surface area contributed by atoms with E-state index in [4.69, 9.17) is 10.8 Å². The van der Waals surface area contributed by atoms with Gasteiger partial charge in [-0.3, -0.25) is 20.4 Å². The summed E-state index contributed by atoms with van der Waals surface area (Å²) >= 11 is 0. The van der Waals surface area contributed by atoms with Crippen LogP contribution < -0.4 is 16.6 Å². The van der Waals surface area contributed by atoms with Gasteiger partial charge in [0.1, 0.15) is 5.75 Å². The third-order valence-corrected chi connectivity index (χ3v) is 2.16. The fourth-order valence-corrected chi connectivity index (χ4v) is 1.35. The van der Waals surface area contributed by atoms with Gasteiger partial charge in [-0.2, -0.15) is 0 Å². The molecule has 97 valence electrons. The Morgan fingerprint density at radius 2 is 2.00 bits per heavy atom. The van der Waals surface area contributed by atoms with E-state index >= 15 is 0 Å². The van der Waals surface area contributed by atoms with Crippen molar-refractivity contribution in [3.8, 4) is 5.75 Å². The quantitative estimate of drug-likeness (QED) is 0.437. The number of carbonyl (C=O) groups is 2. The molecule has 18 heavy (non-hydrogen) atoms. The maximum Gasteiger partial charge on any atom is 0.242 e. The maximum absolute atomic E-state index is 11.4. The molecule has 0 aliphatic rings. The Balaban J connectivity index is 2.32. The van der Waals surface area contributed by atoms with Crippen LogP contribution in [0.5, 0.6) is 5.75 Å². The number of hydrogen-bond acceptors (Lipinski definition) is 4. The summed E-state index contributed by atoms with van der Waals surface area (Å²) in [6.07, 6.45) is 1.50. The van der Waals surface area contributed by atoms with Crippen LogP contribution >= 0.6 is 0 Å². The minimum atomic E-state index is -0.446. The summed E-state index contributed by atoms with van der Waals surface area (Å²) in [5.74, 6) is -0.868. The SMILES string of the molecule is C[C@@H]([CH]C(=O)NNc1ccc(O)cc1)CC(N)=O. The monoisotopic (exact) mass is 250 g/mol. The number of primary amides is 1.